The van der Waals surface area contributed by atoms with Crippen molar-refractivity contribution in [2.24, 2.45) is 5.92 Å². The molecule has 99 heavy (non-hydrogen) atoms. The van der Waals surface area contributed by atoms with Gasteiger partial charge in [-0.3, -0.25) is 9.59 Å². The van der Waals surface area contributed by atoms with Crippen LogP contribution >= 0.6 is 0 Å². The van der Waals surface area contributed by atoms with E-state index in [9.17, 15) is 96.4 Å². The standard InChI is InChI=1S/C33H57NO24.C32H63NO8/c1-8-17(41)22(46)26(14(7-38)50-8)55-32-25(49)28(20(44)13(6-37)53-32)57-30-15(34-10(3)39)27(19(43)12(5-36)52-30)56-33-29(23(47)18(42)11(4-35)54-33)58-31-24(48)21(45)16(40)9(2)51-31;1-4-5-6-7-12-17-22-39-23-18-13-10-8-9-11-15-20-26(2)31(37)33-21-16-14-19-24-40-32-29(36)28(35)30(38-3)27(25-34)41-32/h8-9,11-33,35-38,40-49H,4-7H2,1-3H3,(H,34,39);26-30,32,34-36H,4-25H2,1-3H3,(H,33,37)/t8-,9?,11?,12?,13?,14?,15?,16+,17?,18-,19-,20-,21-,22+,23-,24?,25?,26-,27+,28-,29?,30-,31-,32+,33-;26-,27?,28-,29?,30-,32+/m01/s1. The van der Waals surface area contributed by atoms with E-state index < -0.39 is 216 Å². The van der Waals surface area contributed by atoms with E-state index in [1.165, 1.54) is 98.0 Å². The van der Waals surface area contributed by atoms with Gasteiger partial charge in [0.2, 0.25) is 11.8 Å². The normalized spacial score (nSPS) is 40.0. The molecule has 6 rings (SSSR count). The van der Waals surface area contributed by atoms with Crippen LogP contribution in [0.25, 0.3) is 0 Å². The van der Waals surface area contributed by atoms with E-state index in [2.05, 4.69) is 17.6 Å². The molecular formula is C65H120N2O32. The largest absolute Gasteiger partial charge is 0.394 e. The second kappa shape index (κ2) is 45.3. The highest BCUT2D eigenvalue weighted by atomic mass is 16.8. The second-order valence-electron chi connectivity index (χ2n) is 26.7. The van der Waals surface area contributed by atoms with Gasteiger partial charge in [-0.25, -0.2) is 0 Å². The Hall–Kier alpha value is -2.26. The van der Waals surface area contributed by atoms with Crippen LogP contribution in [0.2, 0.25) is 0 Å². The van der Waals surface area contributed by atoms with Crippen LogP contribution in [-0.4, -0.2) is 349 Å². The summed E-state index contributed by atoms with van der Waals surface area (Å²) in [7, 11) is 1.39. The van der Waals surface area contributed by atoms with Crippen molar-refractivity contribution in [3.63, 3.8) is 0 Å². The molecule has 2 amide bonds. The van der Waals surface area contributed by atoms with Crippen molar-refractivity contribution in [3.8, 4) is 0 Å². The first-order valence-corrected chi connectivity index (χ1v) is 35.4. The number of carbonyl (C=O) groups excluding carboxylic acids is 2. The van der Waals surface area contributed by atoms with Gasteiger partial charge in [-0.15, -0.1) is 0 Å². The van der Waals surface area contributed by atoms with Gasteiger partial charge >= 0.3 is 0 Å². The van der Waals surface area contributed by atoms with Gasteiger partial charge < -0.3 is 159 Å². The van der Waals surface area contributed by atoms with Crippen LogP contribution in [0.4, 0.5) is 0 Å². The highest BCUT2D eigenvalue weighted by molar-refractivity contribution is 5.78. The number of aliphatic hydroxyl groups excluding tert-OH is 17. The van der Waals surface area contributed by atoms with Gasteiger partial charge in [-0.05, 0) is 52.4 Å². The fourth-order valence-corrected chi connectivity index (χ4v) is 12.8. The number of unbranched alkanes of at least 4 members (excludes halogenated alkanes) is 13. The summed E-state index contributed by atoms with van der Waals surface area (Å²) in [6, 6.07) is -1.69. The minimum Gasteiger partial charge on any atom is -0.394 e. The third-order valence-electron chi connectivity index (χ3n) is 19.0. The lowest BCUT2D eigenvalue weighted by atomic mass is 9.94. The fourth-order valence-electron chi connectivity index (χ4n) is 12.8. The van der Waals surface area contributed by atoms with Crippen LogP contribution in [0.15, 0.2) is 0 Å². The molecule has 34 nitrogen and oxygen atoms in total. The Morgan fingerprint density at radius 1 is 0.404 bits per heavy atom. The zero-order chi connectivity index (χ0) is 73.0. The average Bonchev–Trinajstić information content (AvgIpc) is 0.776. The lowest BCUT2D eigenvalue weighted by Gasteiger charge is -2.50. The molecule has 582 valence electrons. The van der Waals surface area contributed by atoms with E-state index in [1.807, 2.05) is 6.92 Å². The Morgan fingerprint density at radius 2 is 0.838 bits per heavy atom. The second-order valence-corrected chi connectivity index (χ2v) is 26.7. The number of ether oxygens (including phenoxy) is 13. The van der Waals surface area contributed by atoms with Crippen LogP contribution in [0.5, 0.6) is 0 Å². The first-order valence-electron chi connectivity index (χ1n) is 35.4. The minimum atomic E-state index is -2.04. The van der Waals surface area contributed by atoms with E-state index >= 15 is 0 Å². The molecule has 34 heteroatoms. The number of carbonyl (C=O) groups is 2. The van der Waals surface area contributed by atoms with Crippen LogP contribution in [0.3, 0.4) is 0 Å². The zero-order valence-corrected chi connectivity index (χ0v) is 58.0. The van der Waals surface area contributed by atoms with Crippen molar-refractivity contribution < 1.29 is 158 Å². The molecule has 31 atom stereocenters. The van der Waals surface area contributed by atoms with Gasteiger partial charge in [-0.1, -0.05) is 84.5 Å². The van der Waals surface area contributed by atoms with Gasteiger partial charge in [0.05, 0.1) is 45.2 Å². The Morgan fingerprint density at radius 3 is 1.43 bits per heavy atom. The molecule has 6 heterocycles. The summed E-state index contributed by atoms with van der Waals surface area (Å²) < 4.78 is 73.6. The SMILES string of the molecule is CC(=O)NC1[C@H](O[C@@H]2C(O)[C@@H](O[C@H]3C(CO)O[C@@H](C)C(O)[C@H]3O)OC(CO)[C@@H]2O)OC(CO)[C@H](O)[C@@H]1O[C@@H]1OC(CO)[C@H](O)[C@H](O)C1O[C@@H]1OC(C)[C@@H](O)[C@H](O)C1O.CCCCCCCCOCCCCCCCCC[C@@H](C)C(=O)NCCCCCO[C@H]1OC(CO)[C@@H](OC)[C@H](O)C1O. The zero-order valence-electron chi connectivity index (χ0n) is 58.0. The third kappa shape index (κ3) is 25.5. The van der Waals surface area contributed by atoms with E-state index in [0.29, 0.717) is 13.2 Å². The molecule has 0 saturated carbocycles. The Labute approximate surface area is 578 Å². The number of aliphatic hydroxyl groups is 17. The van der Waals surface area contributed by atoms with Crippen molar-refractivity contribution in [2.45, 2.75) is 328 Å². The average molecular weight is 1440 g/mol. The summed E-state index contributed by atoms with van der Waals surface area (Å²) in [5, 5.41) is 184. The number of hydrogen-bond acceptors (Lipinski definition) is 32. The van der Waals surface area contributed by atoms with Crippen molar-refractivity contribution in [1.29, 1.82) is 0 Å². The van der Waals surface area contributed by atoms with E-state index in [-0.39, 0.29) is 18.4 Å². The van der Waals surface area contributed by atoms with Crippen LogP contribution in [0.1, 0.15) is 144 Å². The fraction of sp³-hybridized carbons (Fsp3) is 0.969. The molecule has 12 unspecified atom stereocenters. The molecule has 0 aromatic carbocycles. The van der Waals surface area contributed by atoms with E-state index in [0.717, 1.165) is 52.2 Å². The molecule has 0 spiro atoms. The molecular weight excluding hydrogens is 1320 g/mol. The summed E-state index contributed by atoms with van der Waals surface area (Å²) in [5.74, 6) is -0.644. The maximum absolute atomic E-state index is 12.6. The quantitative estimate of drug-likeness (QED) is 0.0256. The van der Waals surface area contributed by atoms with E-state index in [4.69, 9.17) is 61.6 Å². The molecule has 6 saturated heterocycles. The molecule has 0 aromatic rings. The lowest BCUT2D eigenvalue weighted by Crippen LogP contribution is -2.70. The molecule has 0 aliphatic carbocycles. The third-order valence-corrected chi connectivity index (χ3v) is 19.0. The molecule has 6 aliphatic rings. The number of hydrogen-bond donors (Lipinski definition) is 19. The van der Waals surface area contributed by atoms with Gasteiger partial charge in [0.15, 0.2) is 31.5 Å². The van der Waals surface area contributed by atoms with Crippen molar-refractivity contribution in [1.82, 2.24) is 10.6 Å². The summed E-state index contributed by atoms with van der Waals surface area (Å²) in [4.78, 5) is 25.0. The highest BCUT2D eigenvalue weighted by Crippen LogP contribution is 2.37. The molecule has 0 radical (unpaired) electrons. The number of amides is 2. The Kier molecular flexibility index (Phi) is 40.0. The van der Waals surface area contributed by atoms with Crippen molar-refractivity contribution in [3.05, 3.63) is 0 Å². The van der Waals surface area contributed by atoms with Gasteiger partial charge in [0.25, 0.3) is 0 Å². The van der Waals surface area contributed by atoms with Crippen LogP contribution in [-0.2, 0) is 71.2 Å². The minimum absolute atomic E-state index is 0.0360. The smallest absolute Gasteiger partial charge is 0.222 e. The van der Waals surface area contributed by atoms with Crippen molar-refractivity contribution in [2.75, 3.05) is 66.5 Å². The predicted octanol–water partition coefficient (Wildman–Crippen LogP) is -4.81. The molecule has 0 bridgehead atoms. The summed E-state index contributed by atoms with van der Waals surface area (Å²) in [5.41, 5.74) is 0. The highest BCUT2D eigenvalue weighted by Gasteiger charge is 2.57. The molecule has 19 N–H and O–H groups in total. The van der Waals surface area contributed by atoms with E-state index in [1.54, 1.807) is 0 Å². The van der Waals surface area contributed by atoms with Crippen LogP contribution < -0.4 is 10.6 Å². The Balaban J connectivity index is 0.000000381. The molecule has 0 aromatic heterocycles. The lowest BCUT2D eigenvalue weighted by molar-refractivity contribution is -0.388. The first kappa shape index (κ1) is 87.4. The van der Waals surface area contributed by atoms with Gasteiger partial charge in [0.1, 0.15) is 140 Å². The van der Waals surface area contributed by atoms with Crippen LogP contribution in [0, 0.1) is 5.92 Å². The Bertz CT molecular complexity index is 2190. The maximum Gasteiger partial charge on any atom is 0.222 e. The van der Waals surface area contributed by atoms with Gasteiger partial charge in [-0.2, -0.15) is 0 Å². The monoisotopic (exact) mass is 1440 g/mol. The number of nitrogens with one attached hydrogen (secondary N) is 2. The summed E-state index contributed by atoms with van der Waals surface area (Å²) >= 11 is 0. The topological polar surface area (TPSA) is 522 Å². The number of rotatable bonds is 40. The maximum atomic E-state index is 12.6. The molecule has 6 aliphatic heterocycles. The van der Waals surface area contributed by atoms with Crippen molar-refractivity contribution >= 4 is 11.8 Å². The molecule has 6 fully saturated rings. The first-order chi connectivity index (χ1) is 47.3. The summed E-state index contributed by atoms with van der Waals surface area (Å²) in [6.07, 6.45) is -26.1. The predicted molar refractivity (Wildman–Crippen MR) is 342 cm³/mol. The number of methoxy groups -OCH3 is 1. The summed E-state index contributed by atoms with van der Waals surface area (Å²) in [6.45, 7) is 7.08. The van der Waals surface area contributed by atoms with Gasteiger partial charge in [0, 0.05) is 46.3 Å².